The summed E-state index contributed by atoms with van der Waals surface area (Å²) >= 11 is 6.24. The molecule has 0 aliphatic rings. The summed E-state index contributed by atoms with van der Waals surface area (Å²) in [7, 11) is 1.77. The second kappa shape index (κ2) is 8.45. The lowest BCUT2D eigenvalue weighted by Gasteiger charge is -2.06. The van der Waals surface area contributed by atoms with Crippen LogP contribution in [0.2, 0.25) is 5.02 Å². The van der Waals surface area contributed by atoms with Gasteiger partial charge in [-0.05, 0) is 42.7 Å². The first kappa shape index (κ1) is 18.6. The van der Waals surface area contributed by atoms with E-state index in [-0.39, 0.29) is 5.82 Å². The summed E-state index contributed by atoms with van der Waals surface area (Å²) in [4.78, 5) is 4.55. The summed E-state index contributed by atoms with van der Waals surface area (Å²) in [5.74, 6) is 0.720. The van der Waals surface area contributed by atoms with Gasteiger partial charge in [0.05, 0.1) is 10.6 Å². The number of unbranched alkanes of at least 4 members (excludes halogenated alkanes) is 3. The molecule has 0 spiro atoms. The van der Waals surface area contributed by atoms with Crippen molar-refractivity contribution < 1.29 is 4.39 Å². The zero-order valence-electron chi connectivity index (χ0n) is 15.2. The van der Waals surface area contributed by atoms with E-state index in [1.54, 1.807) is 17.8 Å². The van der Waals surface area contributed by atoms with Crippen LogP contribution in [0.4, 0.5) is 4.39 Å². The van der Waals surface area contributed by atoms with Gasteiger partial charge in [0.25, 0.3) is 0 Å². The van der Waals surface area contributed by atoms with Gasteiger partial charge in [0, 0.05) is 12.6 Å². The molecule has 0 radical (unpaired) electrons. The molecule has 0 unspecified atom stereocenters. The fourth-order valence-electron chi connectivity index (χ4n) is 3.03. The minimum Gasteiger partial charge on any atom is -0.248 e. The maximum Gasteiger partial charge on any atom is 0.183 e. The molecule has 1 heterocycles. The zero-order valence-corrected chi connectivity index (χ0v) is 15.9. The minimum absolute atomic E-state index is 0.288. The van der Waals surface area contributed by atoms with Crippen molar-refractivity contribution in [3.8, 4) is 22.8 Å². The summed E-state index contributed by atoms with van der Waals surface area (Å²) in [5, 5.41) is 5.01. The van der Waals surface area contributed by atoms with Gasteiger partial charge in [0.1, 0.15) is 5.82 Å². The number of halogens is 2. The van der Waals surface area contributed by atoms with Crippen LogP contribution < -0.4 is 0 Å². The Balaban J connectivity index is 1.90. The van der Waals surface area contributed by atoms with Crippen molar-refractivity contribution in [1.29, 1.82) is 0 Å². The molecule has 136 valence electrons. The van der Waals surface area contributed by atoms with Gasteiger partial charge in [-0.15, -0.1) is 0 Å². The number of benzene rings is 2. The van der Waals surface area contributed by atoms with Crippen molar-refractivity contribution in [3.63, 3.8) is 0 Å². The van der Waals surface area contributed by atoms with Gasteiger partial charge in [-0.1, -0.05) is 56.0 Å². The third-order valence-corrected chi connectivity index (χ3v) is 4.80. The van der Waals surface area contributed by atoms with E-state index < -0.39 is 0 Å². The van der Waals surface area contributed by atoms with Gasteiger partial charge >= 0.3 is 0 Å². The van der Waals surface area contributed by atoms with Gasteiger partial charge in [-0.3, -0.25) is 0 Å². The average Bonchev–Trinajstić information content (AvgIpc) is 3.02. The highest BCUT2D eigenvalue weighted by Crippen LogP contribution is 2.29. The molecule has 0 N–H and O–H groups in total. The predicted molar refractivity (Wildman–Crippen MR) is 105 cm³/mol. The first-order valence-corrected chi connectivity index (χ1v) is 9.42. The van der Waals surface area contributed by atoms with Crippen LogP contribution in [-0.2, 0) is 13.5 Å². The molecular formula is C21H23ClFN3. The normalized spacial score (nSPS) is 11.1. The van der Waals surface area contributed by atoms with Gasteiger partial charge in [0.2, 0.25) is 0 Å². The number of aromatic nitrogens is 3. The Bertz CT molecular complexity index is 889. The van der Waals surface area contributed by atoms with Crippen molar-refractivity contribution in [2.24, 2.45) is 7.05 Å². The first-order chi connectivity index (χ1) is 12.6. The van der Waals surface area contributed by atoms with Crippen LogP contribution in [-0.4, -0.2) is 14.8 Å². The third kappa shape index (κ3) is 4.13. The summed E-state index contributed by atoms with van der Waals surface area (Å²) in [6.07, 6.45) is 5.70. The van der Waals surface area contributed by atoms with Gasteiger partial charge < -0.3 is 0 Å². The molecule has 0 saturated carbocycles. The smallest absolute Gasteiger partial charge is 0.183 e. The van der Waals surface area contributed by atoms with Crippen LogP contribution in [0.15, 0.2) is 42.5 Å². The molecular weight excluding hydrogens is 349 g/mol. The fraction of sp³-hybridized carbons (Fsp3) is 0.333. The molecule has 3 rings (SSSR count). The van der Waals surface area contributed by atoms with Crippen LogP contribution >= 0.6 is 11.6 Å². The highest BCUT2D eigenvalue weighted by Gasteiger charge is 2.16. The summed E-state index contributed by atoms with van der Waals surface area (Å²) in [6.45, 7) is 2.20. The maximum atomic E-state index is 14.5. The Morgan fingerprint density at radius 2 is 1.85 bits per heavy atom. The molecule has 5 heteroatoms. The van der Waals surface area contributed by atoms with E-state index in [1.165, 1.54) is 25.3 Å². The van der Waals surface area contributed by atoms with E-state index in [9.17, 15) is 4.39 Å². The molecule has 0 atom stereocenters. The summed E-state index contributed by atoms with van der Waals surface area (Å²) in [5.41, 5.74) is 2.35. The third-order valence-electron chi connectivity index (χ3n) is 4.47. The number of hydrogen-bond acceptors (Lipinski definition) is 2. The number of hydrogen-bond donors (Lipinski definition) is 0. The van der Waals surface area contributed by atoms with E-state index in [1.807, 2.05) is 30.3 Å². The molecule has 0 saturated heterocycles. The second-order valence-corrected chi connectivity index (χ2v) is 6.89. The Hall–Kier alpha value is -2.20. The molecule has 1 aromatic heterocycles. The standard InChI is InChI=1S/C21H23ClFN3/c1-3-4-5-6-9-15-12-13-19(23)17(14-15)21-24-20(25-26(21)2)16-10-7-8-11-18(16)22/h7-8,10-14H,3-6,9H2,1-2H3. The minimum atomic E-state index is -0.288. The highest BCUT2D eigenvalue weighted by molar-refractivity contribution is 6.33. The second-order valence-electron chi connectivity index (χ2n) is 6.49. The Kier molecular flexibility index (Phi) is 6.04. The molecule has 0 amide bonds. The fourth-order valence-corrected chi connectivity index (χ4v) is 3.25. The molecule has 0 fully saturated rings. The largest absolute Gasteiger partial charge is 0.248 e. The lowest BCUT2D eigenvalue weighted by Crippen LogP contribution is -1.98. The molecule has 0 aliphatic heterocycles. The van der Waals surface area contributed by atoms with Crippen molar-refractivity contribution in [2.75, 3.05) is 0 Å². The van der Waals surface area contributed by atoms with Gasteiger partial charge in [-0.25, -0.2) is 14.1 Å². The van der Waals surface area contributed by atoms with Crippen LogP contribution in [0.3, 0.4) is 0 Å². The van der Waals surface area contributed by atoms with Crippen LogP contribution in [0.5, 0.6) is 0 Å². The van der Waals surface area contributed by atoms with Crippen LogP contribution in [0.1, 0.15) is 38.2 Å². The number of rotatable bonds is 7. The molecule has 2 aromatic carbocycles. The average molecular weight is 372 g/mol. The summed E-state index contributed by atoms with van der Waals surface area (Å²) in [6, 6.07) is 12.7. The van der Waals surface area contributed by atoms with Crippen molar-refractivity contribution in [2.45, 2.75) is 39.0 Å². The molecule has 3 nitrogen and oxygen atoms in total. The Morgan fingerprint density at radius 3 is 2.62 bits per heavy atom. The first-order valence-electron chi connectivity index (χ1n) is 9.05. The SMILES string of the molecule is CCCCCCc1ccc(F)c(-c2nc(-c3ccccc3Cl)nn2C)c1. The topological polar surface area (TPSA) is 30.7 Å². The van der Waals surface area contributed by atoms with Crippen LogP contribution in [0.25, 0.3) is 22.8 Å². The number of aryl methyl sites for hydroxylation is 2. The zero-order chi connectivity index (χ0) is 18.5. The van der Waals surface area contributed by atoms with E-state index in [2.05, 4.69) is 17.0 Å². The van der Waals surface area contributed by atoms with Crippen molar-refractivity contribution in [3.05, 3.63) is 58.9 Å². The van der Waals surface area contributed by atoms with E-state index in [0.717, 1.165) is 24.0 Å². The highest BCUT2D eigenvalue weighted by atomic mass is 35.5. The predicted octanol–water partition coefficient (Wildman–Crippen LogP) is 6.06. The quantitative estimate of drug-likeness (QED) is 0.472. The molecule has 3 aromatic rings. The molecule has 26 heavy (non-hydrogen) atoms. The lowest BCUT2D eigenvalue weighted by atomic mass is 10.0. The Labute approximate surface area is 158 Å². The van der Waals surface area contributed by atoms with Gasteiger partial charge in [-0.2, -0.15) is 5.10 Å². The van der Waals surface area contributed by atoms with Gasteiger partial charge in [0.15, 0.2) is 11.6 Å². The van der Waals surface area contributed by atoms with Crippen LogP contribution in [0, 0.1) is 5.82 Å². The molecule has 0 bridgehead atoms. The van der Waals surface area contributed by atoms with E-state index >= 15 is 0 Å². The monoisotopic (exact) mass is 371 g/mol. The molecule has 0 aliphatic carbocycles. The lowest BCUT2D eigenvalue weighted by molar-refractivity contribution is 0.624. The Morgan fingerprint density at radius 1 is 1.04 bits per heavy atom. The maximum absolute atomic E-state index is 14.5. The number of nitrogens with zero attached hydrogens (tertiary/aromatic N) is 3. The van der Waals surface area contributed by atoms with E-state index in [4.69, 9.17) is 11.6 Å². The van der Waals surface area contributed by atoms with E-state index in [0.29, 0.717) is 22.2 Å². The summed E-state index contributed by atoms with van der Waals surface area (Å²) < 4.78 is 16.1. The van der Waals surface area contributed by atoms with Crippen molar-refractivity contribution in [1.82, 2.24) is 14.8 Å². The van der Waals surface area contributed by atoms with Crippen molar-refractivity contribution >= 4 is 11.6 Å².